The Kier molecular flexibility index (Phi) is 13.6. The summed E-state index contributed by atoms with van der Waals surface area (Å²) in [4.78, 5) is 51.1. The number of carbonyl (C=O) groups is 4. The lowest BCUT2D eigenvalue weighted by Gasteiger charge is -2.33. The van der Waals surface area contributed by atoms with Crippen molar-refractivity contribution in [3.8, 4) is 5.75 Å². The SMILES string of the molecule is CCNCC(=O)CCc1cc(N(C)C)c2c(c1O)C(=O)CC(CC(CCO)C(CO)C(=O)CC(N)=O)C2.O.[HH].[HH]. The number of hydrogen-bond donors (Lipinski definition) is 5. The molecule has 218 valence electrons. The van der Waals surface area contributed by atoms with Crippen LogP contribution in [0.2, 0.25) is 0 Å². The summed E-state index contributed by atoms with van der Waals surface area (Å²) in [5.41, 5.74) is 7.47. The number of primary amides is 1. The number of benzene rings is 1. The number of nitrogens with zero attached hydrogens (tertiary/aromatic N) is 1. The highest BCUT2D eigenvalue weighted by atomic mass is 16.3. The van der Waals surface area contributed by atoms with Crippen LogP contribution >= 0.6 is 0 Å². The summed E-state index contributed by atoms with van der Waals surface area (Å²) in [5, 5.41) is 33.5. The number of rotatable bonds is 16. The summed E-state index contributed by atoms with van der Waals surface area (Å²) in [5.74, 6) is -3.01. The number of phenolic OH excluding ortho intramolecular Hbond substituents is 1. The molecular formula is C27H47N3O8. The van der Waals surface area contributed by atoms with Crippen molar-refractivity contribution in [1.82, 2.24) is 5.32 Å². The molecule has 1 aliphatic carbocycles. The highest BCUT2D eigenvalue weighted by Gasteiger charge is 2.36. The van der Waals surface area contributed by atoms with Gasteiger partial charge in [-0.2, -0.15) is 0 Å². The maximum absolute atomic E-state index is 13.3. The molecule has 11 heteroatoms. The fraction of sp³-hybridized carbons (Fsp3) is 0.630. The Bertz CT molecular complexity index is 1010. The predicted octanol–water partition coefficient (Wildman–Crippen LogP) is 0.424. The summed E-state index contributed by atoms with van der Waals surface area (Å²) in [6, 6.07) is 1.82. The fourth-order valence-corrected chi connectivity index (χ4v) is 5.26. The van der Waals surface area contributed by atoms with Gasteiger partial charge in [-0.15, -0.1) is 0 Å². The van der Waals surface area contributed by atoms with E-state index in [4.69, 9.17) is 5.73 Å². The van der Waals surface area contributed by atoms with Gasteiger partial charge in [-0.25, -0.2) is 0 Å². The first-order chi connectivity index (χ1) is 17.5. The molecule has 0 fully saturated rings. The lowest BCUT2D eigenvalue weighted by molar-refractivity contribution is -0.131. The first-order valence-corrected chi connectivity index (χ1v) is 12.9. The summed E-state index contributed by atoms with van der Waals surface area (Å²) in [7, 11) is 3.69. The van der Waals surface area contributed by atoms with Crippen molar-refractivity contribution >= 4 is 28.9 Å². The Hall–Kier alpha value is -2.86. The molecule has 2 rings (SSSR count). The van der Waals surface area contributed by atoms with Gasteiger partial charge in [0.2, 0.25) is 5.91 Å². The summed E-state index contributed by atoms with van der Waals surface area (Å²) in [6.45, 7) is 2.18. The molecule has 8 N–H and O–H groups in total. The minimum Gasteiger partial charge on any atom is -0.507 e. The number of hydrogen-bond acceptors (Lipinski definition) is 9. The largest absolute Gasteiger partial charge is 0.507 e. The quantitative estimate of drug-likeness (QED) is 0.184. The Morgan fingerprint density at radius 2 is 1.92 bits per heavy atom. The van der Waals surface area contributed by atoms with Crippen LogP contribution in [0.4, 0.5) is 5.69 Å². The number of aliphatic hydroxyl groups excluding tert-OH is 2. The number of ketones is 3. The standard InChI is InChI=1S/C27H41N3O7.H2O.2H2/c1-4-29-14-19(33)6-5-18-12-22(30(2)3)20-10-16(11-24(35)26(20)27(18)37)9-17(7-8-31)21(15-32)23(34)13-25(28)36;;;/h12,16-17,21,29,31-32,37H,4-11,13-15H2,1-3H3,(H2,28,36);1H2;2*1H. The Morgan fingerprint density at radius 1 is 1.24 bits per heavy atom. The van der Waals surface area contributed by atoms with E-state index in [-0.39, 0.29) is 69.5 Å². The number of nitrogens with two attached hydrogens (primary N) is 1. The number of aromatic hydroxyl groups is 1. The van der Waals surface area contributed by atoms with E-state index < -0.39 is 36.6 Å². The number of carbonyl (C=O) groups excluding carboxylic acids is 4. The third kappa shape index (κ3) is 8.59. The lowest BCUT2D eigenvalue weighted by atomic mass is 9.73. The van der Waals surface area contributed by atoms with Gasteiger partial charge in [0.25, 0.3) is 0 Å². The Morgan fingerprint density at radius 3 is 2.47 bits per heavy atom. The third-order valence-electron chi connectivity index (χ3n) is 7.10. The van der Waals surface area contributed by atoms with Crippen LogP contribution in [0.5, 0.6) is 5.75 Å². The lowest BCUT2D eigenvalue weighted by Crippen LogP contribution is -2.34. The first-order valence-electron chi connectivity index (χ1n) is 12.9. The minimum atomic E-state index is -0.861. The number of aliphatic hydroxyl groups is 2. The van der Waals surface area contributed by atoms with Gasteiger partial charge >= 0.3 is 0 Å². The second-order valence-electron chi connectivity index (χ2n) is 10.1. The van der Waals surface area contributed by atoms with Crippen molar-refractivity contribution in [3.05, 3.63) is 22.8 Å². The normalized spacial score (nSPS) is 16.2. The number of likely N-dealkylation sites (N-methyl/N-ethyl adjacent to an activating group) is 1. The molecule has 0 saturated carbocycles. The molecule has 0 aromatic heterocycles. The van der Waals surface area contributed by atoms with Crippen LogP contribution < -0.4 is 16.0 Å². The minimum absolute atomic E-state index is 0. The maximum atomic E-state index is 13.3. The van der Waals surface area contributed by atoms with Gasteiger partial charge in [0.1, 0.15) is 17.3 Å². The van der Waals surface area contributed by atoms with Gasteiger partial charge < -0.3 is 36.7 Å². The van der Waals surface area contributed by atoms with Crippen molar-refractivity contribution in [3.63, 3.8) is 0 Å². The van der Waals surface area contributed by atoms with Gasteiger partial charge in [-0.05, 0) is 61.3 Å². The Balaban J connectivity index is 0. The van der Waals surface area contributed by atoms with Crippen molar-refractivity contribution in [2.75, 3.05) is 45.3 Å². The van der Waals surface area contributed by atoms with E-state index in [1.165, 1.54) is 0 Å². The van der Waals surface area contributed by atoms with Gasteiger partial charge in [0, 0.05) is 48.0 Å². The number of fused-ring (bicyclic) bond motifs is 1. The first kappa shape index (κ1) is 33.2. The van der Waals surface area contributed by atoms with E-state index in [9.17, 15) is 34.5 Å². The van der Waals surface area contributed by atoms with E-state index >= 15 is 0 Å². The number of Topliss-reactive ketones (excluding diaryl/α,β-unsaturated/α-hetero) is 3. The van der Waals surface area contributed by atoms with Crippen LogP contribution in [0.15, 0.2) is 6.07 Å². The zero-order valence-electron chi connectivity index (χ0n) is 22.6. The smallest absolute Gasteiger partial charge is 0.224 e. The highest BCUT2D eigenvalue weighted by molar-refractivity contribution is 6.03. The van der Waals surface area contributed by atoms with Gasteiger partial charge in [-0.1, -0.05) is 6.92 Å². The van der Waals surface area contributed by atoms with E-state index in [0.717, 1.165) is 5.69 Å². The zero-order valence-corrected chi connectivity index (χ0v) is 22.6. The van der Waals surface area contributed by atoms with Crippen LogP contribution in [-0.2, 0) is 27.2 Å². The summed E-state index contributed by atoms with van der Waals surface area (Å²) >= 11 is 0. The van der Waals surface area contributed by atoms with Gasteiger partial charge in [0.05, 0.1) is 25.1 Å². The molecule has 0 aliphatic heterocycles. The molecule has 1 aromatic rings. The molecule has 3 unspecified atom stereocenters. The zero-order chi connectivity index (χ0) is 27.7. The van der Waals surface area contributed by atoms with Gasteiger partial charge in [-0.3, -0.25) is 19.2 Å². The van der Waals surface area contributed by atoms with Crippen LogP contribution in [0.25, 0.3) is 0 Å². The topological polar surface area (TPSA) is 202 Å². The molecule has 3 atom stereocenters. The van der Waals surface area contributed by atoms with Crippen LogP contribution in [-0.4, -0.2) is 84.5 Å². The van der Waals surface area contributed by atoms with Gasteiger partial charge in [0.15, 0.2) is 5.78 Å². The highest BCUT2D eigenvalue weighted by Crippen LogP contribution is 2.42. The molecule has 0 saturated heterocycles. The predicted molar refractivity (Wildman–Crippen MR) is 147 cm³/mol. The van der Waals surface area contributed by atoms with Crippen LogP contribution in [0, 0.1) is 17.8 Å². The van der Waals surface area contributed by atoms with Crippen LogP contribution in [0.3, 0.4) is 0 Å². The second-order valence-corrected chi connectivity index (χ2v) is 10.1. The summed E-state index contributed by atoms with van der Waals surface area (Å²) < 4.78 is 0. The molecule has 0 spiro atoms. The molecule has 0 bridgehead atoms. The molecule has 0 heterocycles. The second kappa shape index (κ2) is 15.5. The summed E-state index contributed by atoms with van der Waals surface area (Å²) in [6.07, 6.45) is 1.30. The van der Waals surface area contributed by atoms with E-state index in [2.05, 4.69) is 5.32 Å². The molecule has 11 nitrogen and oxygen atoms in total. The molecule has 1 aliphatic rings. The molecule has 38 heavy (non-hydrogen) atoms. The van der Waals surface area contributed by atoms with Crippen molar-refractivity contribution < 1.29 is 42.8 Å². The average molecular weight is 542 g/mol. The van der Waals surface area contributed by atoms with E-state index in [0.29, 0.717) is 36.9 Å². The molecule has 0 radical (unpaired) electrons. The van der Waals surface area contributed by atoms with Crippen molar-refractivity contribution in [1.29, 1.82) is 0 Å². The van der Waals surface area contributed by atoms with Crippen LogP contribution in [0.1, 0.15) is 63.4 Å². The van der Waals surface area contributed by atoms with E-state index in [1.54, 1.807) is 0 Å². The monoisotopic (exact) mass is 541 g/mol. The fourth-order valence-electron chi connectivity index (χ4n) is 5.26. The number of aryl methyl sites for hydroxylation is 1. The molecular weight excluding hydrogens is 494 g/mol. The molecule has 1 amide bonds. The molecule has 1 aromatic carbocycles. The average Bonchev–Trinajstić information content (AvgIpc) is 2.81. The van der Waals surface area contributed by atoms with Crippen molar-refractivity contribution in [2.24, 2.45) is 23.5 Å². The Labute approximate surface area is 226 Å². The number of amides is 1. The maximum Gasteiger partial charge on any atom is 0.224 e. The van der Waals surface area contributed by atoms with Crippen molar-refractivity contribution in [2.45, 2.75) is 51.9 Å². The third-order valence-corrected chi connectivity index (χ3v) is 7.10. The number of anilines is 1. The number of nitrogens with one attached hydrogen (secondary N) is 1. The number of phenols is 1. The van der Waals surface area contributed by atoms with E-state index in [1.807, 2.05) is 32.0 Å².